The Bertz CT molecular complexity index is 6920. The average molecular weight is 1620 g/mol. The van der Waals surface area contributed by atoms with Gasteiger partial charge < -0.3 is 18.9 Å². The van der Waals surface area contributed by atoms with Gasteiger partial charge >= 0.3 is 0 Å². The van der Waals surface area contributed by atoms with E-state index in [9.17, 15) is 19.2 Å². The summed E-state index contributed by atoms with van der Waals surface area (Å²) in [6.45, 7) is 55.8. The third kappa shape index (κ3) is 15.6. The fraction of sp³-hybridized carbons (Fsp3) is 0.333. The number of hydrogen-bond acceptors (Lipinski definition) is 2. The molecule has 13 aromatic carbocycles. The molecule has 0 aliphatic carbocycles. The Morgan fingerprint density at radius 3 is 0.852 bits per heavy atom. The van der Waals surface area contributed by atoms with Crippen molar-refractivity contribution in [1.29, 1.82) is 0 Å². The van der Waals surface area contributed by atoms with Crippen LogP contribution in [0, 0.1) is 16.2 Å². The molecule has 0 saturated heterocycles. The van der Waals surface area contributed by atoms with Crippen molar-refractivity contribution in [2.45, 2.75) is 239 Å². The summed E-state index contributed by atoms with van der Waals surface area (Å²) in [7, 11) is 0. The molecule has 122 heavy (non-hydrogen) atoms. The topological polar surface area (TPSA) is 16.3 Å². The van der Waals surface area contributed by atoms with Crippen molar-refractivity contribution in [3.63, 3.8) is 0 Å². The minimum Gasteiger partial charge on any atom is -0.310 e. The van der Waals surface area contributed by atoms with Gasteiger partial charge in [-0.15, -0.1) is 0 Å². The molecule has 0 radical (unpaired) electrons. The smallest absolute Gasteiger partial charge is 0.252 e. The Balaban J connectivity index is 1.16. The monoisotopic (exact) mass is 1620 g/mol. The molecule has 0 fully saturated rings. The van der Waals surface area contributed by atoms with Crippen molar-refractivity contribution >= 4 is 101 Å². The van der Waals surface area contributed by atoms with Gasteiger partial charge in [-0.05, 0) is 254 Å². The van der Waals surface area contributed by atoms with Gasteiger partial charge in [0.25, 0.3) is 6.71 Å². The molecule has 620 valence electrons. The van der Waals surface area contributed by atoms with Crippen LogP contribution in [-0.2, 0) is 51.6 Å². The molecular formula is C117H129BN4. The second-order valence-corrected chi connectivity index (χ2v) is 43.9. The van der Waals surface area contributed by atoms with Crippen LogP contribution in [0.3, 0.4) is 0 Å². The number of aromatic nitrogens is 2. The zero-order chi connectivity index (χ0) is 99.3. The van der Waals surface area contributed by atoms with Crippen LogP contribution in [0.5, 0.6) is 0 Å². The van der Waals surface area contributed by atoms with Gasteiger partial charge in [-0.3, -0.25) is 0 Å². The van der Waals surface area contributed by atoms with Gasteiger partial charge in [0.1, 0.15) is 0 Å². The Kier molecular flexibility index (Phi) is 16.3. The molecule has 5 heteroatoms. The van der Waals surface area contributed by atoms with Crippen LogP contribution in [0.25, 0.3) is 99.5 Å². The summed E-state index contributed by atoms with van der Waals surface area (Å²) in [6, 6.07) is 69.4. The first kappa shape index (κ1) is 67.7. The first-order valence-electron chi connectivity index (χ1n) is 50.8. The molecule has 15 aromatic rings. The minimum absolute atomic E-state index is 0.177. The van der Waals surface area contributed by atoms with Gasteiger partial charge in [-0.25, -0.2) is 0 Å². The van der Waals surface area contributed by atoms with Gasteiger partial charge in [0.15, 0.2) is 0 Å². The fourth-order valence-corrected chi connectivity index (χ4v) is 18.4. The van der Waals surface area contributed by atoms with Crippen LogP contribution in [0.1, 0.15) is 256 Å². The lowest BCUT2D eigenvalue weighted by Crippen LogP contribution is -2.61. The average Bonchev–Trinajstić information content (AvgIpc) is 0.801. The lowest BCUT2D eigenvalue weighted by Gasteiger charge is -2.46. The van der Waals surface area contributed by atoms with E-state index >= 15 is 0 Å². The highest BCUT2D eigenvalue weighted by atomic mass is 15.2. The Morgan fingerprint density at radius 1 is 0.270 bits per heavy atom. The molecule has 0 atom stereocenters. The van der Waals surface area contributed by atoms with Crippen molar-refractivity contribution in [2.24, 2.45) is 16.2 Å². The molecule has 0 amide bonds. The summed E-state index contributed by atoms with van der Waals surface area (Å²) in [5.74, 6) is 0. The van der Waals surface area contributed by atoms with Crippen molar-refractivity contribution in [3.8, 4) is 55.9 Å². The van der Waals surface area contributed by atoms with Gasteiger partial charge in [-0.2, -0.15) is 0 Å². The second kappa shape index (κ2) is 29.4. The van der Waals surface area contributed by atoms with Crippen molar-refractivity contribution in [1.82, 2.24) is 9.13 Å². The molecule has 2 aliphatic rings. The largest absolute Gasteiger partial charge is 0.310 e. The molecule has 0 spiro atoms. The highest BCUT2D eigenvalue weighted by Crippen LogP contribution is 2.56. The number of rotatable bonds is 11. The maximum atomic E-state index is 11.3. The normalized spacial score (nSPS) is 15.7. The lowest BCUT2D eigenvalue weighted by atomic mass is 9.33. The summed E-state index contributed by atoms with van der Waals surface area (Å²) in [5.41, 5.74) is 16.5. The van der Waals surface area contributed by atoms with E-state index in [0.717, 1.165) is 72.0 Å². The predicted molar refractivity (Wildman–Crippen MR) is 533 cm³/mol. The number of para-hydroxylation sites is 2. The summed E-state index contributed by atoms with van der Waals surface area (Å²) in [5, 5.41) is 2.00. The van der Waals surface area contributed by atoms with E-state index in [0.29, 0.717) is 117 Å². The molecule has 0 N–H and O–H groups in total. The molecule has 2 aliphatic heterocycles. The summed E-state index contributed by atoms with van der Waals surface area (Å²) in [6.07, 6.45) is -6.22. The molecule has 0 bridgehead atoms. The van der Waals surface area contributed by atoms with Crippen LogP contribution in [0.2, 0.25) is 0 Å². The standard InChI is InChI=1S/C117H129BN4/c1-109(2,3)70-73-56-90(76-36-32-40-80(62-76)112(10,11)12)107(91(57-73)77-37-33-41-81(63-77)113(13,14)15)121-102-68-86(119-98-46-30-28-44-88(98)94-66-84(116(22,23)24)48-54-100(94)119)50-52-96(102)118-97-53-51-87(120-99-47-31-29-45-89(99)95-67-85(117(25,26)27)49-55-101(95)120)69-103(97)122(105-61-75(72-111(7,8)9)60-104(121)106(105)118)108-92(78-38-34-42-82(64-78)114(16,17)18)58-74(71-110(4,5)6)59-93(108)79-39-35-43-83(65-79)115(19,20)21/h28-69H,70-72H2,1-27H3/i28D,29D,30D,31D,44D,45D,46D,47D,70D2,71D2,72D2. The zero-order valence-electron chi connectivity index (χ0n) is 91.0. The number of anilines is 6. The number of hydrogen-bond donors (Lipinski definition) is 0. The van der Waals surface area contributed by atoms with Crippen LogP contribution in [0.15, 0.2) is 255 Å². The lowest BCUT2D eigenvalue weighted by molar-refractivity contribution is 0.411. The number of nitrogens with zero attached hydrogens (tertiary/aromatic N) is 4. The molecule has 4 nitrogen and oxygen atoms in total. The number of fused-ring (bicyclic) bond motifs is 10. The fourth-order valence-electron chi connectivity index (χ4n) is 18.4. The maximum absolute atomic E-state index is 11.3. The molecule has 0 unspecified atom stereocenters. The SMILES string of the molecule is [2H]c1c([2H])c([2H])c2c(c1[2H])c1cc(C(C)(C)C)ccc1n2-c1ccc2c(c1)N(c1c(-c3cccc(C(C)(C)C)c3)cc(C([2H])([2H])C(C)(C)C)cc1-c1cccc(C(C)(C)C)c1)c1cc(C([2H])([2H])C(C)(C)C)cc3c1B2c1ccc(-n2c4ccc(C(C)(C)C)cc4c4c([2H])c([2H])c([2H])c([2H])c42)cc1N3c1c(-c2cccc(C(C)(C)C)c2)cc(C([2H])([2H])C(C)(C)C)cc1-c1cccc(C(C)(C)C)c1. The van der Waals surface area contributed by atoms with Crippen molar-refractivity contribution < 1.29 is 19.2 Å². The molecule has 4 heterocycles. The Morgan fingerprint density at radius 2 is 0.557 bits per heavy atom. The molecule has 2 aromatic heterocycles. The Hall–Kier alpha value is -10.9. The summed E-state index contributed by atoms with van der Waals surface area (Å²) >= 11 is 0. The van der Waals surface area contributed by atoms with E-state index < -0.39 is 75.8 Å². The van der Waals surface area contributed by atoms with Crippen LogP contribution in [0.4, 0.5) is 34.1 Å². The van der Waals surface area contributed by atoms with Gasteiger partial charge in [0, 0.05) is 86.1 Å². The third-order valence-electron chi connectivity index (χ3n) is 24.5. The van der Waals surface area contributed by atoms with Crippen molar-refractivity contribution in [3.05, 3.63) is 305 Å². The van der Waals surface area contributed by atoms with Crippen molar-refractivity contribution in [2.75, 3.05) is 9.80 Å². The third-order valence-corrected chi connectivity index (χ3v) is 24.5. The van der Waals surface area contributed by atoms with E-state index in [1.165, 1.54) is 0 Å². The molecule has 17 rings (SSSR count). The number of benzene rings is 13. The Labute approximate surface area is 750 Å². The first-order valence-corrected chi connectivity index (χ1v) is 43.8. The van der Waals surface area contributed by atoms with E-state index in [1.54, 1.807) is 0 Å². The first-order chi connectivity index (χ1) is 62.8. The highest BCUT2D eigenvalue weighted by Gasteiger charge is 2.47. The van der Waals surface area contributed by atoms with Crippen LogP contribution >= 0.6 is 0 Å². The van der Waals surface area contributed by atoms with E-state index in [-0.39, 0.29) is 58.1 Å². The van der Waals surface area contributed by atoms with Crippen LogP contribution in [-0.4, -0.2) is 15.8 Å². The minimum atomic E-state index is -2.22. The predicted octanol–water partition coefficient (Wildman–Crippen LogP) is 31.2. The zero-order valence-corrected chi connectivity index (χ0v) is 77.0. The highest BCUT2D eigenvalue weighted by molar-refractivity contribution is 7.00. The van der Waals surface area contributed by atoms with Crippen LogP contribution < -0.4 is 26.2 Å². The maximum Gasteiger partial charge on any atom is 0.252 e. The van der Waals surface area contributed by atoms with E-state index in [4.69, 9.17) is 0 Å². The van der Waals surface area contributed by atoms with Gasteiger partial charge in [0.05, 0.1) is 44.4 Å². The van der Waals surface area contributed by atoms with E-state index in [2.05, 4.69) is 304 Å². The van der Waals surface area contributed by atoms with Gasteiger partial charge in [0.2, 0.25) is 0 Å². The second-order valence-electron chi connectivity index (χ2n) is 43.9. The van der Waals surface area contributed by atoms with Gasteiger partial charge in [-0.1, -0.05) is 345 Å². The van der Waals surface area contributed by atoms with E-state index in [1.807, 2.05) is 108 Å². The quantitative estimate of drug-likeness (QED) is 0.120. The summed E-state index contributed by atoms with van der Waals surface area (Å²) < 4.78 is 148. The molecular weight excluding hydrogens is 1470 g/mol. The summed E-state index contributed by atoms with van der Waals surface area (Å²) in [4.78, 5) is 4.64. The molecule has 0 saturated carbocycles.